The van der Waals surface area contributed by atoms with Crippen LogP contribution in [0.4, 0.5) is 0 Å². The van der Waals surface area contributed by atoms with E-state index < -0.39 is 0 Å². The van der Waals surface area contributed by atoms with Crippen molar-refractivity contribution >= 4 is 15.9 Å². The third kappa shape index (κ3) is 4.25. The van der Waals surface area contributed by atoms with Gasteiger partial charge in [0.15, 0.2) is 0 Å². The molecule has 0 amide bonds. The Bertz CT molecular complexity index is 189. The van der Waals surface area contributed by atoms with Crippen molar-refractivity contribution in [3.63, 3.8) is 0 Å². The van der Waals surface area contributed by atoms with Gasteiger partial charge in [-0.3, -0.25) is 4.90 Å². The van der Waals surface area contributed by atoms with Crippen molar-refractivity contribution in [1.82, 2.24) is 10.2 Å². The smallest absolute Gasteiger partial charge is 0.0294 e. The molecule has 0 aliphatic carbocycles. The zero-order valence-electron chi connectivity index (χ0n) is 8.57. The van der Waals surface area contributed by atoms with Crippen molar-refractivity contribution in [3.8, 4) is 0 Å². The normalized spacial score (nSPS) is 23.9. The molecule has 0 saturated carbocycles. The third-order valence-corrected chi connectivity index (χ3v) is 2.52. The van der Waals surface area contributed by atoms with E-state index in [4.69, 9.17) is 0 Å². The van der Waals surface area contributed by atoms with Gasteiger partial charge >= 0.3 is 0 Å². The van der Waals surface area contributed by atoms with Gasteiger partial charge in [-0.05, 0) is 33.4 Å². The van der Waals surface area contributed by atoms with Gasteiger partial charge in [-0.25, -0.2) is 0 Å². The van der Waals surface area contributed by atoms with Crippen LogP contribution >= 0.6 is 15.9 Å². The summed E-state index contributed by atoms with van der Waals surface area (Å²) in [5.74, 6) is 0. The molecule has 0 aromatic carbocycles. The van der Waals surface area contributed by atoms with Gasteiger partial charge in [0.2, 0.25) is 0 Å². The first-order valence-electron chi connectivity index (χ1n) is 4.80. The first kappa shape index (κ1) is 11.2. The number of nitrogens with one attached hydrogen (secondary N) is 1. The molecule has 0 aromatic rings. The van der Waals surface area contributed by atoms with Crippen LogP contribution in [0.2, 0.25) is 0 Å². The lowest BCUT2D eigenvalue weighted by Crippen LogP contribution is -2.46. The molecular formula is C10H19BrN2. The average molecular weight is 247 g/mol. The van der Waals surface area contributed by atoms with Crippen LogP contribution in [0.15, 0.2) is 11.1 Å². The summed E-state index contributed by atoms with van der Waals surface area (Å²) in [5, 5.41) is 3.54. The lowest BCUT2D eigenvalue weighted by Gasteiger charge is -2.29. The monoisotopic (exact) mass is 246 g/mol. The Morgan fingerprint density at radius 1 is 1.62 bits per heavy atom. The van der Waals surface area contributed by atoms with Gasteiger partial charge in [-0.15, -0.1) is 0 Å². The maximum atomic E-state index is 3.88. The lowest BCUT2D eigenvalue weighted by molar-refractivity contribution is 0.250. The molecule has 0 aromatic heterocycles. The van der Waals surface area contributed by atoms with E-state index in [1.54, 1.807) is 0 Å². The molecule has 1 N–H and O–H groups in total. The fourth-order valence-corrected chi connectivity index (χ4v) is 2.16. The van der Waals surface area contributed by atoms with Crippen LogP contribution in [-0.4, -0.2) is 36.6 Å². The zero-order valence-corrected chi connectivity index (χ0v) is 10.2. The second-order valence-corrected chi connectivity index (χ2v) is 5.51. The van der Waals surface area contributed by atoms with E-state index >= 15 is 0 Å². The average Bonchev–Trinajstić information content (AvgIpc) is 2.09. The molecule has 1 saturated heterocycles. The highest BCUT2D eigenvalue weighted by atomic mass is 79.9. The molecule has 76 valence electrons. The fourth-order valence-electron chi connectivity index (χ4n) is 1.80. The van der Waals surface area contributed by atoms with Gasteiger partial charge in [-0.2, -0.15) is 0 Å². The lowest BCUT2D eigenvalue weighted by atomic mass is 10.1. The molecule has 1 rings (SSSR count). The summed E-state index contributed by atoms with van der Waals surface area (Å²) in [7, 11) is 0. The van der Waals surface area contributed by atoms with Crippen molar-refractivity contribution in [2.45, 2.75) is 25.8 Å². The largest absolute Gasteiger partial charge is 0.310 e. The first-order chi connectivity index (χ1) is 5.99. The minimum atomic E-state index is 0.235. The van der Waals surface area contributed by atoms with Crippen LogP contribution in [-0.2, 0) is 0 Å². The van der Waals surface area contributed by atoms with Gasteiger partial charge in [0.25, 0.3) is 0 Å². The maximum Gasteiger partial charge on any atom is 0.0294 e. The summed E-state index contributed by atoms with van der Waals surface area (Å²) >= 11 is 3.42. The van der Waals surface area contributed by atoms with E-state index in [9.17, 15) is 0 Å². The Morgan fingerprint density at radius 3 is 2.92 bits per heavy atom. The molecule has 0 spiro atoms. The van der Waals surface area contributed by atoms with E-state index in [2.05, 4.69) is 46.6 Å². The second kappa shape index (κ2) is 4.58. The van der Waals surface area contributed by atoms with Crippen molar-refractivity contribution < 1.29 is 0 Å². The molecule has 0 atom stereocenters. The minimum Gasteiger partial charge on any atom is -0.310 e. The Kier molecular flexibility index (Phi) is 3.95. The summed E-state index contributed by atoms with van der Waals surface area (Å²) < 4.78 is 1.07. The predicted molar refractivity (Wildman–Crippen MR) is 61.2 cm³/mol. The molecule has 2 nitrogen and oxygen atoms in total. The summed E-state index contributed by atoms with van der Waals surface area (Å²) in [6.07, 6.45) is 1.23. The Morgan fingerprint density at radius 2 is 2.31 bits per heavy atom. The number of halogens is 1. The molecule has 1 aliphatic rings. The molecule has 1 heterocycles. The second-order valence-electron chi connectivity index (χ2n) is 4.39. The van der Waals surface area contributed by atoms with E-state index in [0.29, 0.717) is 0 Å². The van der Waals surface area contributed by atoms with Crippen LogP contribution < -0.4 is 5.32 Å². The molecule has 1 fully saturated rings. The highest BCUT2D eigenvalue weighted by molar-refractivity contribution is 9.11. The molecular weight excluding hydrogens is 228 g/mol. The van der Waals surface area contributed by atoms with E-state index in [1.807, 2.05) is 0 Å². The molecule has 0 unspecified atom stereocenters. The summed E-state index contributed by atoms with van der Waals surface area (Å²) in [5.41, 5.74) is 0.235. The van der Waals surface area contributed by atoms with Crippen LogP contribution in [0.25, 0.3) is 0 Å². The van der Waals surface area contributed by atoms with E-state index in [1.165, 1.54) is 13.0 Å². The van der Waals surface area contributed by atoms with E-state index in [0.717, 1.165) is 24.1 Å². The van der Waals surface area contributed by atoms with Crippen molar-refractivity contribution in [1.29, 1.82) is 0 Å². The highest BCUT2D eigenvalue weighted by Crippen LogP contribution is 2.13. The van der Waals surface area contributed by atoms with Crippen molar-refractivity contribution in [2.24, 2.45) is 0 Å². The summed E-state index contributed by atoms with van der Waals surface area (Å²) in [4.78, 5) is 2.44. The maximum absolute atomic E-state index is 3.88. The van der Waals surface area contributed by atoms with Gasteiger partial charge in [0.1, 0.15) is 0 Å². The Labute approximate surface area is 89.5 Å². The van der Waals surface area contributed by atoms with Crippen LogP contribution in [0.1, 0.15) is 20.3 Å². The molecule has 0 bridgehead atoms. The topological polar surface area (TPSA) is 15.3 Å². The van der Waals surface area contributed by atoms with Gasteiger partial charge in [-0.1, -0.05) is 22.5 Å². The first-order valence-corrected chi connectivity index (χ1v) is 5.59. The third-order valence-electron chi connectivity index (χ3n) is 2.27. The predicted octanol–water partition coefficient (Wildman–Crippen LogP) is 1.97. The standard InChI is InChI=1S/C10H19BrN2/c1-9(11)7-13-6-4-5-12-10(2,3)8-13/h12H,1,4-8H2,2-3H3. The SMILES string of the molecule is C=C(Br)CN1CCCNC(C)(C)C1. The van der Waals surface area contributed by atoms with Crippen molar-refractivity contribution in [3.05, 3.63) is 11.1 Å². The number of rotatable bonds is 2. The van der Waals surface area contributed by atoms with Gasteiger partial charge < -0.3 is 5.32 Å². The van der Waals surface area contributed by atoms with Gasteiger partial charge in [0, 0.05) is 23.1 Å². The van der Waals surface area contributed by atoms with E-state index in [-0.39, 0.29) is 5.54 Å². The highest BCUT2D eigenvalue weighted by Gasteiger charge is 2.23. The molecule has 13 heavy (non-hydrogen) atoms. The molecule has 3 heteroatoms. The number of hydrogen-bond acceptors (Lipinski definition) is 2. The Balaban J connectivity index is 2.49. The number of nitrogens with zero attached hydrogens (tertiary/aromatic N) is 1. The van der Waals surface area contributed by atoms with Crippen LogP contribution in [0, 0.1) is 0 Å². The molecule has 0 radical (unpaired) electrons. The van der Waals surface area contributed by atoms with Gasteiger partial charge in [0.05, 0.1) is 0 Å². The fraction of sp³-hybridized carbons (Fsp3) is 0.800. The quantitative estimate of drug-likeness (QED) is 0.802. The Hall–Kier alpha value is 0.140. The van der Waals surface area contributed by atoms with Crippen molar-refractivity contribution in [2.75, 3.05) is 26.2 Å². The minimum absolute atomic E-state index is 0.235. The molecule has 1 aliphatic heterocycles. The zero-order chi connectivity index (χ0) is 9.90. The summed E-state index contributed by atoms with van der Waals surface area (Å²) in [6.45, 7) is 12.7. The van der Waals surface area contributed by atoms with Crippen LogP contribution in [0.3, 0.4) is 0 Å². The summed E-state index contributed by atoms with van der Waals surface area (Å²) in [6, 6.07) is 0. The van der Waals surface area contributed by atoms with Crippen LogP contribution in [0.5, 0.6) is 0 Å². The number of hydrogen-bond donors (Lipinski definition) is 1.